The van der Waals surface area contributed by atoms with Crippen molar-refractivity contribution in [1.82, 2.24) is 15.5 Å². The lowest BCUT2D eigenvalue weighted by Gasteiger charge is -2.41. The van der Waals surface area contributed by atoms with E-state index < -0.39 is 0 Å². The number of guanidine groups is 1. The number of nitrogens with zero attached hydrogens (tertiary/aromatic N) is 2. The normalized spacial score (nSPS) is 20.4. The summed E-state index contributed by atoms with van der Waals surface area (Å²) < 4.78 is 19.2. The lowest BCUT2D eigenvalue weighted by atomic mass is 9.89. The Bertz CT molecular complexity index is 658. The summed E-state index contributed by atoms with van der Waals surface area (Å²) in [5.74, 6) is 0.680. The van der Waals surface area contributed by atoms with Gasteiger partial charge in [-0.05, 0) is 64.4 Å². The van der Waals surface area contributed by atoms with Crippen LogP contribution in [0.15, 0.2) is 29.3 Å². The van der Waals surface area contributed by atoms with Crippen LogP contribution in [0.5, 0.6) is 0 Å². The van der Waals surface area contributed by atoms with Crippen molar-refractivity contribution < 1.29 is 9.13 Å². The molecule has 0 amide bonds. The fourth-order valence-electron chi connectivity index (χ4n) is 3.86. The van der Waals surface area contributed by atoms with Crippen molar-refractivity contribution in [2.45, 2.75) is 43.6 Å². The van der Waals surface area contributed by atoms with Crippen molar-refractivity contribution in [3.8, 4) is 0 Å². The Labute approximate surface area is 185 Å². The Kier molecular flexibility index (Phi) is 8.51. The van der Waals surface area contributed by atoms with Gasteiger partial charge in [0.15, 0.2) is 5.96 Å². The molecule has 1 aromatic rings. The number of ether oxygens (including phenoxy) is 1. The predicted molar refractivity (Wildman–Crippen MR) is 123 cm³/mol. The van der Waals surface area contributed by atoms with Crippen LogP contribution in [0.1, 0.15) is 38.2 Å². The molecular weight excluding hydrogens is 470 g/mol. The number of rotatable bonds is 7. The van der Waals surface area contributed by atoms with Crippen LogP contribution in [0.4, 0.5) is 4.39 Å². The van der Waals surface area contributed by atoms with Gasteiger partial charge in [-0.15, -0.1) is 24.0 Å². The molecule has 0 radical (unpaired) electrons. The molecule has 0 spiro atoms. The van der Waals surface area contributed by atoms with Crippen LogP contribution in [0, 0.1) is 5.82 Å². The van der Waals surface area contributed by atoms with Gasteiger partial charge in [0.25, 0.3) is 0 Å². The molecule has 0 atom stereocenters. The maximum Gasteiger partial charge on any atom is 0.191 e. The molecule has 7 heteroatoms. The average molecular weight is 504 g/mol. The summed E-state index contributed by atoms with van der Waals surface area (Å²) in [7, 11) is 4.26. The number of nitrogens with one attached hydrogen (secondary N) is 2. The molecule has 28 heavy (non-hydrogen) atoms. The molecule has 5 nitrogen and oxygen atoms in total. The Balaban J connectivity index is 0.00000280. The third-order valence-corrected chi connectivity index (χ3v) is 6.13. The highest BCUT2D eigenvalue weighted by Gasteiger charge is 2.44. The zero-order chi connectivity index (χ0) is 19.3. The summed E-state index contributed by atoms with van der Waals surface area (Å²) in [5.41, 5.74) is 1.18. The number of halogens is 2. The molecule has 2 fully saturated rings. The Morgan fingerprint density at radius 2 is 1.89 bits per heavy atom. The first-order valence-corrected chi connectivity index (χ1v) is 10.0. The van der Waals surface area contributed by atoms with Crippen molar-refractivity contribution in [2.75, 3.05) is 46.9 Å². The smallest absolute Gasteiger partial charge is 0.191 e. The highest BCUT2D eigenvalue weighted by Crippen LogP contribution is 2.47. The standard InChI is InChI=1S/C21H33FN4O.HI/c1-4-23-19(25-16-21(26(2)3)10-12-27-13-11-21)24-15-20(8-9-20)17-6-5-7-18(22)14-17;/h5-7,14H,4,8-13,15-16H2,1-3H3,(H2,23,24,25);1H. The first-order valence-electron chi connectivity index (χ1n) is 10.0. The van der Waals surface area contributed by atoms with Crippen LogP contribution in [0.2, 0.25) is 0 Å². The summed E-state index contributed by atoms with van der Waals surface area (Å²) in [6.07, 6.45) is 4.16. The average Bonchev–Trinajstić information content (AvgIpc) is 3.46. The topological polar surface area (TPSA) is 48.9 Å². The zero-order valence-corrected chi connectivity index (χ0v) is 19.6. The molecular formula is C21H34FIN4O. The molecule has 1 aliphatic carbocycles. The van der Waals surface area contributed by atoms with E-state index in [1.54, 1.807) is 12.1 Å². The van der Waals surface area contributed by atoms with Gasteiger partial charge in [-0.1, -0.05) is 12.1 Å². The molecule has 1 heterocycles. The first kappa shape index (κ1) is 23.3. The van der Waals surface area contributed by atoms with Gasteiger partial charge in [0, 0.05) is 37.3 Å². The minimum Gasteiger partial charge on any atom is -0.381 e. The highest BCUT2D eigenvalue weighted by atomic mass is 127. The summed E-state index contributed by atoms with van der Waals surface area (Å²) in [5, 5.41) is 6.86. The molecule has 0 aromatic heterocycles. The van der Waals surface area contributed by atoms with E-state index >= 15 is 0 Å². The number of hydrogen-bond acceptors (Lipinski definition) is 3. The van der Waals surface area contributed by atoms with E-state index in [-0.39, 0.29) is 40.7 Å². The minimum absolute atomic E-state index is 0. The third kappa shape index (κ3) is 5.57. The first-order chi connectivity index (χ1) is 13.0. The lowest BCUT2D eigenvalue weighted by molar-refractivity contribution is -0.00254. The van der Waals surface area contributed by atoms with E-state index in [1.165, 1.54) is 6.07 Å². The fraction of sp³-hybridized carbons (Fsp3) is 0.667. The largest absolute Gasteiger partial charge is 0.381 e. The number of likely N-dealkylation sites (N-methyl/N-ethyl adjacent to an activating group) is 1. The van der Waals surface area contributed by atoms with Gasteiger partial charge in [0.2, 0.25) is 0 Å². The maximum absolute atomic E-state index is 13.6. The van der Waals surface area contributed by atoms with E-state index in [0.717, 1.165) is 70.1 Å². The van der Waals surface area contributed by atoms with Crippen LogP contribution >= 0.6 is 24.0 Å². The molecule has 1 aromatic carbocycles. The fourth-order valence-corrected chi connectivity index (χ4v) is 3.86. The molecule has 1 saturated carbocycles. The van der Waals surface area contributed by atoms with Crippen LogP contribution in [-0.4, -0.2) is 63.3 Å². The Morgan fingerprint density at radius 1 is 1.18 bits per heavy atom. The number of benzene rings is 1. The highest BCUT2D eigenvalue weighted by molar-refractivity contribution is 14.0. The third-order valence-electron chi connectivity index (χ3n) is 6.13. The van der Waals surface area contributed by atoms with Gasteiger partial charge in [0.1, 0.15) is 5.82 Å². The predicted octanol–water partition coefficient (Wildman–Crippen LogP) is 3.14. The Hall–Kier alpha value is -0.930. The van der Waals surface area contributed by atoms with Crippen molar-refractivity contribution in [2.24, 2.45) is 4.99 Å². The van der Waals surface area contributed by atoms with Crippen molar-refractivity contribution >= 4 is 29.9 Å². The van der Waals surface area contributed by atoms with Gasteiger partial charge < -0.3 is 20.3 Å². The van der Waals surface area contributed by atoms with E-state index in [1.807, 2.05) is 6.07 Å². The quantitative estimate of drug-likeness (QED) is 0.341. The van der Waals surface area contributed by atoms with E-state index in [0.29, 0.717) is 0 Å². The Morgan fingerprint density at radius 3 is 2.46 bits per heavy atom. The molecule has 2 N–H and O–H groups in total. The van der Waals surface area contributed by atoms with E-state index in [9.17, 15) is 4.39 Å². The molecule has 2 aliphatic rings. The van der Waals surface area contributed by atoms with Crippen molar-refractivity contribution in [1.29, 1.82) is 0 Å². The SMILES string of the molecule is CCNC(=NCC1(N(C)C)CCOCC1)NCC1(c2cccc(F)c2)CC1.I. The van der Waals surface area contributed by atoms with Gasteiger partial charge in [-0.25, -0.2) is 4.39 Å². The second-order valence-electron chi connectivity index (χ2n) is 8.07. The molecule has 1 saturated heterocycles. The van der Waals surface area contributed by atoms with Crippen LogP contribution < -0.4 is 10.6 Å². The minimum atomic E-state index is -0.160. The lowest BCUT2D eigenvalue weighted by Crippen LogP contribution is -2.52. The second-order valence-corrected chi connectivity index (χ2v) is 8.07. The molecule has 158 valence electrons. The second kappa shape index (κ2) is 10.2. The molecule has 0 bridgehead atoms. The summed E-state index contributed by atoms with van der Waals surface area (Å²) in [6, 6.07) is 7.01. The van der Waals surface area contributed by atoms with Gasteiger partial charge in [0.05, 0.1) is 6.54 Å². The molecule has 0 unspecified atom stereocenters. The summed E-state index contributed by atoms with van der Waals surface area (Å²) >= 11 is 0. The van der Waals surface area contributed by atoms with Gasteiger partial charge in [-0.2, -0.15) is 0 Å². The van der Waals surface area contributed by atoms with Gasteiger partial charge >= 0.3 is 0 Å². The number of aliphatic imine (C=N–C) groups is 1. The van der Waals surface area contributed by atoms with Crippen LogP contribution in [-0.2, 0) is 10.2 Å². The molecule has 3 rings (SSSR count). The monoisotopic (exact) mass is 504 g/mol. The van der Waals surface area contributed by atoms with E-state index in [4.69, 9.17) is 9.73 Å². The van der Waals surface area contributed by atoms with Gasteiger partial charge in [-0.3, -0.25) is 4.99 Å². The summed E-state index contributed by atoms with van der Waals surface area (Å²) in [6.45, 7) is 6.00. The summed E-state index contributed by atoms with van der Waals surface area (Å²) in [4.78, 5) is 7.19. The number of hydrogen-bond donors (Lipinski definition) is 2. The van der Waals surface area contributed by atoms with Crippen LogP contribution in [0.25, 0.3) is 0 Å². The van der Waals surface area contributed by atoms with E-state index in [2.05, 4.69) is 36.6 Å². The van der Waals surface area contributed by atoms with Crippen molar-refractivity contribution in [3.05, 3.63) is 35.6 Å². The zero-order valence-electron chi connectivity index (χ0n) is 17.3. The maximum atomic E-state index is 13.6. The molecule has 1 aliphatic heterocycles. The van der Waals surface area contributed by atoms with Crippen molar-refractivity contribution in [3.63, 3.8) is 0 Å². The van der Waals surface area contributed by atoms with Crippen LogP contribution in [0.3, 0.4) is 0 Å².